The highest BCUT2D eigenvalue weighted by Crippen LogP contribution is 2.54. The van der Waals surface area contributed by atoms with Gasteiger partial charge in [0.2, 0.25) is 5.91 Å². The van der Waals surface area contributed by atoms with E-state index in [0.29, 0.717) is 12.2 Å². The lowest BCUT2D eigenvalue weighted by atomic mass is 9.75. The summed E-state index contributed by atoms with van der Waals surface area (Å²) in [6.45, 7) is 2.50. The molecule has 1 aliphatic heterocycles. The number of hydrogen-bond acceptors (Lipinski definition) is 6. The summed E-state index contributed by atoms with van der Waals surface area (Å²) < 4.78 is 1.69. The van der Waals surface area contributed by atoms with Crippen LogP contribution in [0.3, 0.4) is 0 Å². The van der Waals surface area contributed by atoms with E-state index in [-0.39, 0.29) is 23.4 Å². The van der Waals surface area contributed by atoms with E-state index in [0.717, 1.165) is 29.6 Å². The van der Waals surface area contributed by atoms with Crippen molar-refractivity contribution in [1.82, 2.24) is 19.6 Å². The van der Waals surface area contributed by atoms with Crippen LogP contribution in [0, 0.1) is 39.9 Å². The first-order valence-corrected chi connectivity index (χ1v) is 9.51. The summed E-state index contributed by atoms with van der Waals surface area (Å²) in [6.07, 6.45) is 8.31. The Balaban J connectivity index is 1.60. The number of aromatic nitrogens is 4. The van der Waals surface area contributed by atoms with Crippen molar-refractivity contribution in [1.29, 1.82) is 10.5 Å². The maximum absolute atomic E-state index is 13.4. The fourth-order valence-electron chi connectivity index (χ4n) is 4.43. The Morgan fingerprint density at radius 2 is 2.10 bits per heavy atom. The lowest BCUT2D eigenvalue weighted by Crippen LogP contribution is -2.37. The van der Waals surface area contributed by atoms with Gasteiger partial charge in [-0.3, -0.25) is 9.78 Å². The molecule has 0 radical (unpaired) electrons. The summed E-state index contributed by atoms with van der Waals surface area (Å²) in [5.41, 5.74) is 2.09. The Hall–Kier alpha value is -3.78. The first-order valence-electron chi connectivity index (χ1n) is 9.51. The SMILES string of the molecule is C[C@@H]1CN(c2ccnn3cc(-c4cncc(C#N)n4)cc23)C(=O)[C@]1(C#N)C1CC1. The molecule has 1 saturated carbocycles. The molecule has 3 aromatic rings. The first-order chi connectivity index (χ1) is 14.1. The molecule has 0 aromatic carbocycles. The van der Waals surface area contributed by atoms with E-state index < -0.39 is 5.41 Å². The summed E-state index contributed by atoms with van der Waals surface area (Å²) in [4.78, 5) is 23.5. The summed E-state index contributed by atoms with van der Waals surface area (Å²) >= 11 is 0. The fraction of sp³-hybridized carbons (Fsp3) is 0.333. The van der Waals surface area contributed by atoms with Crippen LogP contribution in [0.2, 0.25) is 0 Å². The Bertz CT molecular complexity index is 1230. The zero-order valence-corrected chi connectivity index (χ0v) is 15.8. The molecular weight excluding hydrogens is 366 g/mol. The van der Waals surface area contributed by atoms with Crippen LogP contribution < -0.4 is 4.90 Å². The van der Waals surface area contributed by atoms with Gasteiger partial charge in [-0.25, -0.2) is 9.50 Å². The maximum Gasteiger partial charge on any atom is 0.248 e. The first kappa shape index (κ1) is 17.3. The van der Waals surface area contributed by atoms with Crippen LogP contribution in [0.25, 0.3) is 16.8 Å². The molecule has 2 atom stereocenters. The number of rotatable bonds is 3. The molecule has 2 fully saturated rings. The normalized spacial score (nSPS) is 23.9. The molecule has 29 heavy (non-hydrogen) atoms. The van der Waals surface area contributed by atoms with E-state index in [1.54, 1.807) is 28.0 Å². The van der Waals surface area contributed by atoms with E-state index in [4.69, 9.17) is 5.26 Å². The monoisotopic (exact) mass is 383 g/mol. The third-order valence-electron chi connectivity index (χ3n) is 6.06. The molecule has 5 rings (SSSR count). The van der Waals surface area contributed by atoms with Gasteiger partial charge in [0.05, 0.1) is 35.4 Å². The Morgan fingerprint density at radius 1 is 1.28 bits per heavy atom. The van der Waals surface area contributed by atoms with Gasteiger partial charge in [0.1, 0.15) is 11.5 Å². The van der Waals surface area contributed by atoms with Gasteiger partial charge in [-0.1, -0.05) is 6.92 Å². The highest BCUT2D eigenvalue weighted by atomic mass is 16.2. The largest absolute Gasteiger partial charge is 0.309 e. The Kier molecular flexibility index (Phi) is 3.65. The standard InChI is InChI=1S/C21H17N7O/c1-13-10-27(20(29)21(13,12-23)15-2-3-15)18-4-5-25-28-11-14(6-19(18)28)17-9-24-8-16(7-22)26-17/h4-6,8-9,11,13,15H,2-3,10H2,1H3/t13-,21+/m1/s1. The summed E-state index contributed by atoms with van der Waals surface area (Å²) in [5, 5.41) is 23.3. The lowest BCUT2D eigenvalue weighted by Gasteiger charge is -2.23. The molecular formula is C21H17N7O. The van der Waals surface area contributed by atoms with Crippen molar-refractivity contribution in [2.75, 3.05) is 11.4 Å². The molecule has 0 unspecified atom stereocenters. The minimum absolute atomic E-state index is 0.0340. The van der Waals surface area contributed by atoms with Crippen LogP contribution in [0.4, 0.5) is 5.69 Å². The smallest absolute Gasteiger partial charge is 0.248 e. The average molecular weight is 383 g/mol. The van der Waals surface area contributed by atoms with Gasteiger partial charge in [0.25, 0.3) is 0 Å². The van der Waals surface area contributed by atoms with Crippen LogP contribution in [0.5, 0.6) is 0 Å². The van der Waals surface area contributed by atoms with Crippen molar-refractivity contribution in [3.05, 3.63) is 42.6 Å². The second-order valence-corrected chi connectivity index (χ2v) is 7.75. The molecule has 2 aliphatic rings. The van der Waals surface area contributed by atoms with E-state index in [1.807, 2.05) is 25.1 Å². The van der Waals surface area contributed by atoms with Gasteiger partial charge in [0, 0.05) is 30.4 Å². The van der Waals surface area contributed by atoms with Gasteiger partial charge in [0.15, 0.2) is 5.69 Å². The average Bonchev–Trinajstić information content (AvgIpc) is 3.44. The number of anilines is 1. The number of hydrogen-bond donors (Lipinski definition) is 0. The molecule has 4 heterocycles. The predicted octanol–water partition coefficient (Wildman–Crippen LogP) is 2.57. The van der Waals surface area contributed by atoms with Crippen LogP contribution in [-0.2, 0) is 4.79 Å². The molecule has 0 N–H and O–H groups in total. The van der Waals surface area contributed by atoms with Gasteiger partial charge >= 0.3 is 0 Å². The molecule has 142 valence electrons. The van der Waals surface area contributed by atoms with E-state index in [1.165, 1.54) is 6.20 Å². The van der Waals surface area contributed by atoms with Crippen molar-refractivity contribution in [2.24, 2.45) is 17.3 Å². The highest BCUT2D eigenvalue weighted by molar-refractivity contribution is 6.05. The number of nitrogens with zero attached hydrogens (tertiary/aromatic N) is 7. The molecule has 8 heteroatoms. The van der Waals surface area contributed by atoms with Gasteiger partial charge in [-0.15, -0.1) is 0 Å². The van der Waals surface area contributed by atoms with Crippen LogP contribution in [-0.4, -0.2) is 32.0 Å². The third kappa shape index (κ3) is 2.43. The molecule has 8 nitrogen and oxygen atoms in total. The second kappa shape index (κ2) is 6.11. The maximum atomic E-state index is 13.4. The highest BCUT2D eigenvalue weighted by Gasteiger charge is 2.61. The van der Waals surface area contributed by atoms with Crippen molar-refractivity contribution >= 4 is 17.1 Å². The fourth-order valence-corrected chi connectivity index (χ4v) is 4.43. The zero-order valence-electron chi connectivity index (χ0n) is 15.8. The minimum Gasteiger partial charge on any atom is -0.309 e. The summed E-state index contributed by atoms with van der Waals surface area (Å²) in [7, 11) is 0. The quantitative estimate of drug-likeness (QED) is 0.687. The van der Waals surface area contributed by atoms with Crippen molar-refractivity contribution in [2.45, 2.75) is 19.8 Å². The Morgan fingerprint density at radius 3 is 2.83 bits per heavy atom. The molecule has 0 bridgehead atoms. The topological polar surface area (TPSA) is 111 Å². The number of fused-ring (bicyclic) bond motifs is 1. The van der Waals surface area contributed by atoms with Crippen molar-refractivity contribution in [3.8, 4) is 23.4 Å². The molecule has 0 spiro atoms. The molecule has 1 amide bonds. The van der Waals surface area contributed by atoms with E-state index >= 15 is 0 Å². The van der Waals surface area contributed by atoms with Crippen molar-refractivity contribution < 1.29 is 4.79 Å². The zero-order chi connectivity index (χ0) is 20.2. The van der Waals surface area contributed by atoms with Crippen molar-refractivity contribution in [3.63, 3.8) is 0 Å². The molecule has 1 saturated heterocycles. The predicted molar refractivity (Wildman–Crippen MR) is 103 cm³/mol. The second-order valence-electron chi connectivity index (χ2n) is 7.75. The van der Waals surface area contributed by atoms with Crippen LogP contribution >= 0.6 is 0 Å². The summed E-state index contributed by atoms with van der Waals surface area (Å²) in [6, 6.07) is 8.05. The Labute approximate surface area is 167 Å². The van der Waals surface area contributed by atoms with Gasteiger partial charge in [-0.2, -0.15) is 15.6 Å². The van der Waals surface area contributed by atoms with Crippen LogP contribution in [0.1, 0.15) is 25.5 Å². The number of nitriles is 2. The van der Waals surface area contributed by atoms with Gasteiger partial charge in [-0.05, 0) is 30.9 Å². The third-order valence-corrected chi connectivity index (χ3v) is 6.06. The van der Waals surface area contributed by atoms with Gasteiger partial charge < -0.3 is 4.90 Å². The number of amides is 1. The van der Waals surface area contributed by atoms with E-state index in [9.17, 15) is 10.1 Å². The van der Waals surface area contributed by atoms with E-state index in [2.05, 4.69) is 21.1 Å². The minimum atomic E-state index is -0.928. The molecule has 3 aromatic heterocycles. The molecule has 1 aliphatic carbocycles. The number of carbonyl (C=O) groups is 1. The number of carbonyl (C=O) groups excluding carboxylic acids is 1. The lowest BCUT2D eigenvalue weighted by molar-refractivity contribution is -0.124. The summed E-state index contributed by atoms with van der Waals surface area (Å²) in [5.74, 6) is 0.00893. The van der Waals surface area contributed by atoms with Crippen LogP contribution in [0.15, 0.2) is 36.9 Å².